The van der Waals surface area contributed by atoms with Crippen molar-refractivity contribution in [3.63, 3.8) is 0 Å². The average molecular weight is 689 g/mol. The lowest BCUT2D eigenvalue weighted by molar-refractivity contribution is -0.929. The van der Waals surface area contributed by atoms with Crippen LogP contribution in [0.4, 0.5) is 0 Å². The Labute approximate surface area is 293 Å². The van der Waals surface area contributed by atoms with Gasteiger partial charge in [0.1, 0.15) is 17.5 Å². The molecule has 10 nitrogen and oxygen atoms in total. The zero-order chi connectivity index (χ0) is 35.9. The van der Waals surface area contributed by atoms with Gasteiger partial charge in [0.2, 0.25) is 11.8 Å². The van der Waals surface area contributed by atoms with Crippen molar-refractivity contribution < 1.29 is 33.5 Å². The maximum atomic E-state index is 13.1. The Hall–Kier alpha value is -3.05. The Morgan fingerprint density at radius 1 is 0.958 bits per heavy atom. The first-order valence-corrected chi connectivity index (χ1v) is 18.6. The van der Waals surface area contributed by atoms with Gasteiger partial charge in [-0.2, -0.15) is 0 Å². The number of carboxylic acid groups (broad SMARTS) is 1. The number of nitrogens with zero attached hydrogens (tertiary/aromatic N) is 2. The number of carbonyl (C=O) groups is 4. The molecule has 1 unspecified atom stereocenters. The molecule has 2 aliphatic rings. The van der Waals surface area contributed by atoms with E-state index in [2.05, 4.69) is 43.1 Å². The lowest BCUT2D eigenvalue weighted by atomic mass is 9.95. The number of fused-ring (bicyclic) bond motifs is 1. The highest BCUT2D eigenvalue weighted by atomic mass is 32.2. The first kappa shape index (κ1) is 41.1. The number of quaternary nitrogens is 1. The van der Waals surface area contributed by atoms with Crippen LogP contribution in [0.2, 0.25) is 0 Å². The van der Waals surface area contributed by atoms with Gasteiger partial charge in [0.05, 0.1) is 45.3 Å². The van der Waals surface area contributed by atoms with E-state index in [1.54, 1.807) is 51.1 Å². The SMILES string of the molecule is CCCC[N+](CCCC)(CCCC)CCCC.COC(=O)C=C(C)N[C@@H](C(=O)NC1C(=O)N2[C@@H]1SC(C)(C)[C@@H]2C(=O)[O-])c1ccccc1. The first-order chi connectivity index (χ1) is 22.8. The third kappa shape index (κ3) is 11.3. The second-order valence-electron chi connectivity index (χ2n) is 13.6. The highest BCUT2D eigenvalue weighted by Crippen LogP contribution is 2.50. The largest absolute Gasteiger partial charge is 0.548 e. The van der Waals surface area contributed by atoms with E-state index in [1.165, 1.54) is 112 Å². The fraction of sp³-hybridized carbons (Fsp3) is 0.676. The van der Waals surface area contributed by atoms with Gasteiger partial charge in [0.15, 0.2) is 0 Å². The molecule has 0 bridgehead atoms. The molecule has 0 aromatic heterocycles. The van der Waals surface area contributed by atoms with Crippen molar-refractivity contribution >= 4 is 35.5 Å². The van der Waals surface area contributed by atoms with Gasteiger partial charge in [0, 0.05) is 16.5 Å². The zero-order valence-corrected chi connectivity index (χ0v) is 31.3. The molecule has 270 valence electrons. The molecule has 0 saturated carbocycles. The quantitative estimate of drug-likeness (QED) is 0.0928. The molecule has 48 heavy (non-hydrogen) atoms. The molecule has 1 aromatic rings. The second kappa shape index (κ2) is 19.8. The van der Waals surface area contributed by atoms with E-state index in [4.69, 9.17) is 0 Å². The zero-order valence-electron chi connectivity index (χ0n) is 30.5. The highest BCUT2D eigenvalue weighted by molar-refractivity contribution is 8.01. The molecule has 2 fully saturated rings. The number of benzene rings is 1. The van der Waals surface area contributed by atoms with Crippen LogP contribution in [0.5, 0.6) is 0 Å². The summed E-state index contributed by atoms with van der Waals surface area (Å²) in [6.07, 6.45) is 12.3. The third-order valence-corrected chi connectivity index (χ3v) is 10.8. The molecule has 2 heterocycles. The van der Waals surface area contributed by atoms with Crippen LogP contribution in [0.15, 0.2) is 42.1 Å². The Balaban J connectivity index is 0.000000401. The van der Waals surface area contributed by atoms with Crippen LogP contribution in [0.3, 0.4) is 0 Å². The predicted molar refractivity (Wildman–Crippen MR) is 190 cm³/mol. The third-order valence-electron chi connectivity index (χ3n) is 9.21. The number of carbonyl (C=O) groups excluding carboxylic acids is 4. The molecule has 0 radical (unpaired) electrons. The number of carboxylic acids is 1. The van der Waals surface area contributed by atoms with E-state index >= 15 is 0 Å². The molecular weight excluding hydrogens is 628 g/mol. The van der Waals surface area contributed by atoms with E-state index in [0.29, 0.717) is 11.3 Å². The number of aliphatic carboxylic acids is 1. The van der Waals surface area contributed by atoms with Crippen LogP contribution in [-0.2, 0) is 23.9 Å². The summed E-state index contributed by atoms with van der Waals surface area (Å²) in [5, 5.41) is 16.8. The summed E-state index contributed by atoms with van der Waals surface area (Å²) in [7, 11) is 1.25. The molecule has 0 aliphatic carbocycles. The number of methoxy groups -OCH3 is 1. The maximum absolute atomic E-state index is 13.1. The number of esters is 1. The fourth-order valence-corrected chi connectivity index (χ4v) is 8.08. The Kier molecular flexibility index (Phi) is 17.0. The predicted octanol–water partition coefficient (Wildman–Crippen LogP) is 4.69. The number of hydrogen-bond acceptors (Lipinski definition) is 8. The lowest BCUT2D eigenvalue weighted by Gasteiger charge is -2.45. The summed E-state index contributed by atoms with van der Waals surface area (Å²) in [6.45, 7) is 20.1. The monoisotopic (exact) mass is 688 g/mol. The van der Waals surface area contributed by atoms with E-state index in [9.17, 15) is 24.3 Å². The number of ether oxygens (including phenoxy) is 1. The summed E-state index contributed by atoms with van der Waals surface area (Å²) < 4.78 is 5.29. The Bertz CT molecular complexity index is 1190. The summed E-state index contributed by atoms with van der Waals surface area (Å²) in [6, 6.07) is 6.06. The van der Waals surface area contributed by atoms with Gasteiger partial charge in [-0.05, 0) is 52.0 Å². The van der Waals surface area contributed by atoms with Crippen LogP contribution >= 0.6 is 11.8 Å². The van der Waals surface area contributed by atoms with Crippen molar-refractivity contribution in [3.05, 3.63) is 47.7 Å². The van der Waals surface area contributed by atoms with Gasteiger partial charge in [-0.25, -0.2) is 4.79 Å². The minimum absolute atomic E-state index is 0.408. The molecule has 2 N–H and O–H groups in total. The van der Waals surface area contributed by atoms with E-state index in [-0.39, 0.29) is 0 Å². The summed E-state index contributed by atoms with van der Waals surface area (Å²) in [5.74, 6) is -2.82. The average Bonchev–Trinajstić information content (AvgIpc) is 3.33. The van der Waals surface area contributed by atoms with Gasteiger partial charge < -0.3 is 34.7 Å². The molecule has 0 spiro atoms. The van der Waals surface area contributed by atoms with E-state index in [1.807, 2.05) is 0 Å². The minimum atomic E-state index is -1.31. The smallest absolute Gasteiger partial charge is 0.332 e. The number of β-lactam (4-membered cyclic amide) rings is 1. The van der Waals surface area contributed by atoms with Gasteiger partial charge in [0.25, 0.3) is 0 Å². The van der Waals surface area contributed by atoms with Crippen molar-refractivity contribution in [2.45, 2.75) is 128 Å². The first-order valence-electron chi connectivity index (χ1n) is 17.7. The number of allylic oxidation sites excluding steroid dienone is 1. The molecule has 2 aliphatic heterocycles. The number of rotatable bonds is 19. The number of thioether (sulfide) groups is 1. The Morgan fingerprint density at radius 3 is 1.90 bits per heavy atom. The second-order valence-corrected chi connectivity index (χ2v) is 15.3. The number of amides is 2. The van der Waals surface area contributed by atoms with Gasteiger partial charge in [-0.1, -0.05) is 83.7 Å². The van der Waals surface area contributed by atoms with Crippen LogP contribution in [0.25, 0.3) is 0 Å². The molecule has 1 aromatic carbocycles. The van der Waals surface area contributed by atoms with Crippen LogP contribution in [0.1, 0.15) is 111 Å². The Morgan fingerprint density at radius 2 is 1.46 bits per heavy atom. The fourth-order valence-electron chi connectivity index (χ4n) is 6.46. The van der Waals surface area contributed by atoms with Gasteiger partial charge in [-0.15, -0.1) is 11.8 Å². The van der Waals surface area contributed by atoms with Crippen LogP contribution in [-0.4, -0.2) is 88.6 Å². The van der Waals surface area contributed by atoms with E-state index < -0.39 is 52.0 Å². The topological polar surface area (TPSA) is 128 Å². The summed E-state index contributed by atoms with van der Waals surface area (Å²) >= 11 is 1.32. The van der Waals surface area contributed by atoms with Gasteiger partial charge in [-0.3, -0.25) is 9.59 Å². The maximum Gasteiger partial charge on any atom is 0.332 e. The molecule has 2 amide bonds. The van der Waals surface area contributed by atoms with Crippen molar-refractivity contribution in [2.75, 3.05) is 33.3 Å². The van der Waals surface area contributed by atoms with Crippen LogP contribution < -0.4 is 15.7 Å². The molecule has 11 heteroatoms. The number of unbranched alkanes of at least 4 members (excludes halogenated alkanes) is 4. The molecule has 3 rings (SSSR count). The van der Waals surface area contributed by atoms with Crippen molar-refractivity contribution in [1.29, 1.82) is 0 Å². The van der Waals surface area contributed by atoms with Crippen LogP contribution in [0, 0.1) is 0 Å². The number of nitrogens with one attached hydrogen (secondary N) is 2. The highest BCUT2D eigenvalue weighted by Gasteiger charge is 2.62. The molecular formula is C37H60N4O6S. The van der Waals surface area contributed by atoms with Crippen molar-refractivity contribution in [1.82, 2.24) is 15.5 Å². The minimum Gasteiger partial charge on any atom is -0.548 e. The van der Waals surface area contributed by atoms with E-state index in [0.717, 1.165) is 0 Å². The van der Waals surface area contributed by atoms with Crippen molar-refractivity contribution in [3.8, 4) is 0 Å². The van der Waals surface area contributed by atoms with Crippen molar-refractivity contribution in [2.24, 2.45) is 0 Å². The summed E-state index contributed by atoms with van der Waals surface area (Å²) in [4.78, 5) is 50.1. The lowest BCUT2D eigenvalue weighted by Crippen LogP contribution is -2.72. The summed E-state index contributed by atoms with van der Waals surface area (Å²) in [5.41, 5.74) is 1.04. The standard InChI is InChI=1S/C21H25N3O6S.C16H36N/c1-11(10-13(25)30-4)22-14(12-8-6-5-7-9-12)17(26)23-15-18(27)24-16(20(28)29)21(2,3)31-19(15)24;1-5-9-13-17(14-10-6-2,15-11-7-3)16-12-8-4/h5-10,14-16,19,22H,1-4H3,(H,23,26)(H,28,29);5-16H2,1-4H3/q;+1/p-1/t14-,15?,16+,19-;/m1./s1. The number of hydrogen-bond donors (Lipinski definition) is 2. The van der Waals surface area contributed by atoms with Gasteiger partial charge >= 0.3 is 5.97 Å². The normalized spacial score (nSPS) is 20.5. The molecule has 2 saturated heterocycles. The molecule has 4 atom stereocenters.